The average molecular weight is 579 g/mol. The molecule has 1 N–H and O–H groups in total. The van der Waals surface area contributed by atoms with Crippen LogP contribution in [0.1, 0.15) is 29.9 Å². The third-order valence-electron chi connectivity index (χ3n) is 7.97. The Bertz CT molecular complexity index is 1520. The lowest BCUT2D eigenvalue weighted by atomic mass is 9.59. The Morgan fingerprint density at radius 2 is 1.73 bits per heavy atom. The predicted molar refractivity (Wildman–Crippen MR) is 141 cm³/mol. The molecule has 2 aromatic carbocycles. The van der Waals surface area contributed by atoms with Gasteiger partial charge in [0.1, 0.15) is 5.75 Å². The summed E-state index contributed by atoms with van der Waals surface area (Å²) in [4.78, 5) is 55.1. The smallest absolute Gasteiger partial charge is 0.238 e. The van der Waals surface area contributed by atoms with Gasteiger partial charge < -0.3 is 5.11 Å². The summed E-state index contributed by atoms with van der Waals surface area (Å²) in [5.74, 6) is -3.24. The minimum atomic E-state index is -0.658. The van der Waals surface area contributed by atoms with E-state index in [2.05, 4.69) is 15.9 Å². The first kappa shape index (κ1) is 24.1. The van der Waals surface area contributed by atoms with E-state index in [0.717, 1.165) is 16.7 Å². The van der Waals surface area contributed by atoms with E-state index in [-0.39, 0.29) is 40.0 Å². The van der Waals surface area contributed by atoms with Gasteiger partial charge in [0.15, 0.2) is 11.6 Å². The molecule has 4 atom stereocenters. The molecule has 0 radical (unpaired) electrons. The number of imide groups is 1. The molecular weight excluding hydrogens is 558 g/mol. The second kappa shape index (κ2) is 8.64. The zero-order valence-corrected chi connectivity index (χ0v) is 22.0. The van der Waals surface area contributed by atoms with E-state index in [1.165, 1.54) is 11.0 Å². The Kier molecular flexibility index (Phi) is 5.62. The van der Waals surface area contributed by atoms with Gasteiger partial charge in [-0.2, -0.15) is 0 Å². The molecule has 0 aromatic heterocycles. The maximum absolute atomic E-state index is 13.9. The van der Waals surface area contributed by atoms with Crippen molar-refractivity contribution >= 4 is 56.6 Å². The van der Waals surface area contributed by atoms with Gasteiger partial charge in [-0.3, -0.25) is 19.2 Å². The maximum Gasteiger partial charge on any atom is 0.238 e. The number of carbonyl (C=O) groups is 4. The Morgan fingerprint density at radius 1 is 1.00 bits per heavy atom. The number of hydrogen-bond donors (Lipinski definition) is 1. The van der Waals surface area contributed by atoms with Crippen LogP contribution in [0.15, 0.2) is 75.8 Å². The quantitative estimate of drug-likeness (QED) is 0.296. The number of benzene rings is 2. The summed E-state index contributed by atoms with van der Waals surface area (Å²) in [6, 6.07) is 11.7. The number of aryl methyl sites for hydroxylation is 1. The number of halogens is 2. The molecule has 2 aromatic rings. The first-order valence-corrected chi connectivity index (χ1v) is 13.2. The van der Waals surface area contributed by atoms with Crippen LogP contribution in [-0.2, 0) is 19.2 Å². The molecule has 0 bridgehead atoms. The van der Waals surface area contributed by atoms with Crippen molar-refractivity contribution in [1.82, 2.24) is 0 Å². The number of Topliss-reactive ketones (excluding diaryl/α,β-unsaturated/α-hetero) is 1. The second-order valence-corrected chi connectivity index (χ2v) is 11.2. The molecule has 1 heterocycles. The van der Waals surface area contributed by atoms with E-state index in [1.807, 2.05) is 13.0 Å². The zero-order chi connectivity index (χ0) is 26.2. The number of allylic oxidation sites excluding steroid dienone is 6. The highest BCUT2D eigenvalue weighted by Gasteiger charge is 2.56. The fraction of sp³-hybridized carbons (Fsp3) is 0.241. The van der Waals surface area contributed by atoms with Crippen molar-refractivity contribution in [3.05, 3.63) is 92.0 Å². The van der Waals surface area contributed by atoms with Gasteiger partial charge in [-0.1, -0.05) is 41.4 Å². The normalized spacial score (nSPS) is 27.1. The standard InChI is InChI=1S/C29H21BrClNO5/c1-13-2-5-15(10-22(13)31)32-28(36)18-9-8-17-19(25(18)29(32)37)11-20-26(23(34)12-21(30)27(20)35)24(17)14-3-6-16(33)7-4-14/h2-8,10,12,18-19,24-25,33H,9,11H2,1H3/t18-,19+,24-,25-/m0/s1. The van der Waals surface area contributed by atoms with Gasteiger partial charge in [0, 0.05) is 28.2 Å². The summed E-state index contributed by atoms with van der Waals surface area (Å²) < 4.78 is 0.185. The molecule has 3 aliphatic carbocycles. The average Bonchev–Trinajstić information content (AvgIpc) is 3.13. The van der Waals surface area contributed by atoms with Gasteiger partial charge in [0.05, 0.1) is 22.0 Å². The van der Waals surface area contributed by atoms with Crippen molar-refractivity contribution in [2.24, 2.45) is 17.8 Å². The third-order valence-corrected chi connectivity index (χ3v) is 8.97. The number of rotatable bonds is 2. The van der Waals surface area contributed by atoms with E-state index < -0.39 is 23.7 Å². The van der Waals surface area contributed by atoms with Crippen molar-refractivity contribution < 1.29 is 24.3 Å². The van der Waals surface area contributed by atoms with Crippen molar-refractivity contribution in [3.8, 4) is 5.75 Å². The molecule has 1 aliphatic heterocycles. The number of amides is 2. The van der Waals surface area contributed by atoms with Crippen molar-refractivity contribution in [1.29, 1.82) is 0 Å². The first-order valence-electron chi connectivity index (χ1n) is 12.0. The van der Waals surface area contributed by atoms with E-state index in [1.54, 1.807) is 42.5 Å². The highest BCUT2D eigenvalue weighted by Crippen LogP contribution is 2.55. The molecular formula is C29H21BrClNO5. The summed E-state index contributed by atoms with van der Waals surface area (Å²) in [5, 5.41) is 10.3. The third kappa shape index (κ3) is 3.59. The van der Waals surface area contributed by atoms with Gasteiger partial charge in [0.2, 0.25) is 11.8 Å². The monoisotopic (exact) mass is 577 g/mol. The number of phenols is 1. The Balaban J connectivity index is 1.47. The number of nitrogens with zero attached hydrogens (tertiary/aromatic N) is 1. The summed E-state index contributed by atoms with van der Waals surface area (Å²) in [6.07, 6.45) is 3.82. The number of hydrogen-bond acceptors (Lipinski definition) is 5. The Morgan fingerprint density at radius 3 is 2.43 bits per heavy atom. The van der Waals surface area contributed by atoms with Crippen LogP contribution >= 0.6 is 27.5 Å². The van der Waals surface area contributed by atoms with Gasteiger partial charge in [-0.15, -0.1) is 0 Å². The molecule has 0 unspecified atom stereocenters. The van der Waals surface area contributed by atoms with Crippen molar-refractivity contribution in [2.45, 2.75) is 25.7 Å². The van der Waals surface area contributed by atoms with Crippen LogP contribution < -0.4 is 4.90 Å². The fourth-order valence-corrected chi connectivity index (χ4v) is 6.85. The van der Waals surface area contributed by atoms with Gasteiger partial charge in [-0.25, -0.2) is 4.90 Å². The van der Waals surface area contributed by atoms with Crippen LogP contribution in [0, 0.1) is 24.7 Å². The first-order chi connectivity index (χ1) is 17.7. The fourth-order valence-electron chi connectivity index (χ4n) is 6.23. The molecule has 0 spiro atoms. The van der Waals surface area contributed by atoms with Crippen LogP contribution in [0.25, 0.3) is 0 Å². The lowest BCUT2D eigenvalue weighted by Crippen LogP contribution is -2.39. The van der Waals surface area contributed by atoms with Gasteiger partial charge in [0.25, 0.3) is 0 Å². The highest BCUT2D eigenvalue weighted by atomic mass is 79.9. The zero-order valence-electron chi connectivity index (χ0n) is 19.7. The summed E-state index contributed by atoms with van der Waals surface area (Å²) >= 11 is 9.53. The van der Waals surface area contributed by atoms with Crippen LogP contribution in [0.4, 0.5) is 5.69 Å². The van der Waals surface area contributed by atoms with Crippen molar-refractivity contribution in [2.75, 3.05) is 4.90 Å². The molecule has 37 heavy (non-hydrogen) atoms. The largest absolute Gasteiger partial charge is 0.508 e. The number of aromatic hydroxyl groups is 1. The van der Waals surface area contributed by atoms with E-state index >= 15 is 0 Å². The second-order valence-electron chi connectivity index (χ2n) is 9.93. The topological polar surface area (TPSA) is 91.8 Å². The molecule has 4 aliphatic rings. The molecule has 0 saturated carbocycles. The molecule has 186 valence electrons. The lowest BCUT2D eigenvalue weighted by molar-refractivity contribution is -0.123. The van der Waals surface area contributed by atoms with Crippen LogP contribution in [0.2, 0.25) is 5.02 Å². The number of carbonyl (C=O) groups excluding carboxylic acids is 4. The van der Waals surface area contributed by atoms with Crippen LogP contribution in [0.5, 0.6) is 5.75 Å². The SMILES string of the molecule is Cc1ccc(N2C(=O)[C@H]3[C@H](CC=C4[C@H](c5ccc(O)cc5)C5=C(C[C@H]43)C(=O)C(Br)=CC5=O)C2=O)cc1Cl. The van der Waals surface area contributed by atoms with Crippen LogP contribution in [0.3, 0.4) is 0 Å². The van der Waals surface area contributed by atoms with Gasteiger partial charge >= 0.3 is 0 Å². The van der Waals surface area contributed by atoms with E-state index in [4.69, 9.17) is 11.6 Å². The highest BCUT2D eigenvalue weighted by molar-refractivity contribution is 9.12. The van der Waals surface area contributed by atoms with Crippen LogP contribution in [-0.4, -0.2) is 28.5 Å². The molecule has 2 amide bonds. The summed E-state index contributed by atoms with van der Waals surface area (Å²) in [5.41, 5.74) is 3.65. The maximum atomic E-state index is 13.9. The lowest BCUT2D eigenvalue weighted by Gasteiger charge is -2.42. The van der Waals surface area contributed by atoms with Gasteiger partial charge in [-0.05, 0) is 77.0 Å². The number of ketones is 2. The number of fused-ring (bicyclic) bond motifs is 3. The Labute approximate surface area is 226 Å². The number of anilines is 1. The molecule has 1 saturated heterocycles. The number of phenolic OH excluding ortho intramolecular Hbond substituents is 1. The minimum Gasteiger partial charge on any atom is -0.508 e. The molecule has 6 nitrogen and oxygen atoms in total. The predicted octanol–water partition coefficient (Wildman–Crippen LogP) is 5.32. The van der Waals surface area contributed by atoms with Crippen molar-refractivity contribution in [3.63, 3.8) is 0 Å². The minimum absolute atomic E-state index is 0.0839. The Hall–Kier alpha value is -3.29. The summed E-state index contributed by atoms with van der Waals surface area (Å²) in [6.45, 7) is 1.85. The molecule has 8 heteroatoms. The molecule has 6 rings (SSSR count). The molecule has 1 fully saturated rings. The van der Waals surface area contributed by atoms with E-state index in [9.17, 15) is 24.3 Å². The summed E-state index contributed by atoms with van der Waals surface area (Å²) in [7, 11) is 0. The van der Waals surface area contributed by atoms with E-state index in [0.29, 0.717) is 28.3 Å².